The first-order valence-electron chi connectivity index (χ1n) is 3.74. The predicted molar refractivity (Wildman–Crippen MR) is 42.2 cm³/mol. The number of nitrogens with zero attached hydrogens (tertiary/aromatic N) is 2. The molecule has 0 fully saturated rings. The molecule has 0 aromatic carbocycles. The van der Waals surface area contributed by atoms with E-state index in [-0.39, 0.29) is 0 Å². The van der Waals surface area contributed by atoms with E-state index in [1.54, 1.807) is 6.20 Å². The average Bonchev–Trinajstić information content (AvgIpc) is 2.37. The summed E-state index contributed by atoms with van der Waals surface area (Å²) in [6.07, 6.45) is 7.05. The summed E-state index contributed by atoms with van der Waals surface area (Å²) in [5.41, 5.74) is 0. The van der Waals surface area contributed by atoms with E-state index in [0.717, 1.165) is 25.0 Å². The van der Waals surface area contributed by atoms with E-state index in [1.165, 1.54) is 0 Å². The van der Waals surface area contributed by atoms with E-state index >= 15 is 0 Å². The molecule has 0 atom stereocenters. The molecule has 0 radical (unpaired) electrons. The fourth-order valence-electron chi connectivity index (χ4n) is 0.981. The largest absolute Gasteiger partial charge is 0.338 e. The van der Waals surface area contributed by atoms with Gasteiger partial charge >= 0.3 is 0 Å². The molecule has 0 aliphatic rings. The van der Waals surface area contributed by atoms with Gasteiger partial charge in [0.05, 0.1) is 0 Å². The SMILES string of the molecule is Cn1ccnc1CCCC=O. The molecule has 0 saturated carbocycles. The Morgan fingerprint density at radius 3 is 3.09 bits per heavy atom. The summed E-state index contributed by atoms with van der Waals surface area (Å²) >= 11 is 0. The number of carbonyl (C=O) groups excluding carboxylic acids is 1. The van der Waals surface area contributed by atoms with Gasteiger partial charge in [-0.25, -0.2) is 4.98 Å². The minimum Gasteiger partial charge on any atom is -0.338 e. The van der Waals surface area contributed by atoms with Crippen LogP contribution in [0.15, 0.2) is 12.4 Å². The van der Waals surface area contributed by atoms with Gasteiger partial charge in [0, 0.05) is 32.3 Å². The number of aromatic nitrogens is 2. The normalized spacial score (nSPS) is 9.91. The van der Waals surface area contributed by atoms with Gasteiger partial charge in [0.25, 0.3) is 0 Å². The molecule has 11 heavy (non-hydrogen) atoms. The molecular formula is C8H12N2O. The number of hydrogen-bond acceptors (Lipinski definition) is 2. The second-order valence-corrected chi connectivity index (χ2v) is 2.51. The van der Waals surface area contributed by atoms with Crippen LogP contribution in [0.4, 0.5) is 0 Å². The molecule has 0 aliphatic carbocycles. The van der Waals surface area contributed by atoms with Crippen LogP contribution in [-0.4, -0.2) is 15.8 Å². The Morgan fingerprint density at radius 1 is 1.73 bits per heavy atom. The molecule has 0 spiro atoms. The van der Waals surface area contributed by atoms with Gasteiger partial charge in [-0.3, -0.25) is 0 Å². The monoisotopic (exact) mass is 152 g/mol. The highest BCUT2D eigenvalue weighted by molar-refractivity contribution is 5.49. The van der Waals surface area contributed by atoms with E-state index in [9.17, 15) is 4.79 Å². The van der Waals surface area contributed by atoms with Gasteiger partial charge in [-0.15, -0.1) is 0 Å². The van der Waals surface area contributed by atoms with Crippen molar-refractivity contribution in [2.75, 3.05) is 0 Å². The van der Waals surface area contributed by atoms with Crippen molar-refractivity contribution in [3.63, 3.8) is 0 Å². The second kappa shape index (κ2) is 3.91. The second-order valence-electron chi connectivity index (χ2n) is 2.51. The topological polar surface area (TPSA) is 34.9 Å². The number of aryl methyl sites for hydroxylation is 2. The lowest BCUT2D eigenvalue weighted by Gasteiger charge is -1.97. The third-order valence-corrected chi connectivity index (χ3v) is 1.64. The first kappa shape index (κ1) is 7.98. The Morgan fingerprint density at radius 2 is 2.55 bits per heavy atom. The van der Waals surface area contributed by atoms with Crippen LogP contribution in [0.25, 0.3) is 0 Å². The van der Waals surface area contributed by atoms with Gasteiger partial charge in [-0.05, 0) is 6.42 Å². The van der Waals surface area contributed by atoms with Crippen LogP contribution in [0.2, 0.25) is 0 Å². The summed E-state index contributed by atoms with van der Waals surface area (Å²) in [6.45, 7) is 0. The van der Waals surface area contributed by atoms with Crippen LogP contribution >= 0.6 is 0 Å². The van der Waals surface area contributed by atoms with E-state index < -0.39 is 0 Å². The third kappa shape index (κ3) is 2.18. The molecule has 60 valence electrons. The van der Waals surface area contributed by atoms with Gasteiger partial charge in [0.1, 0.15) is 12.1 Å². The lowest BCUT2D eigenvalue weighted by molar-refractivity contribution is -0.107. The first-order valence-corrected chi connectivity index (χ1v) is 3.74. The quantitative estimate of drug-likeness (QED) is 0.475. The van der Waals surface area contributed by atoms with Gasteiger partial charge in [-0.1, -0.05) is 0 Å². The average molecular weight is 152 g/mol. The summed E-state index contributed by atoms with van der Waals surface area (Å²) in [6, 6.07) is 0. The Balaban J connectivity index is 2.38. The fraction of sp³-hybridized carbons (Fsp3) is 0.500. The Bertz CT molecular complexity index is 230. The number of unbranched alkanes of at least 4 members (excludes halogenated alkanes) is 1. The van der Waals surface area contributed by atoms with Crippen molar-refractivity contribution in [3.05, 3.63) is 18.2 Å². The molecule has 0 bridgehead atoms. The van der Waals surface area contributed by atoms with Crippen LogP contribution in [0.1, 0.15) is 18.7 Å². The molecule has 1 heterocycles. The zero-order chi connectivity index (χ0) is 8.10. The predicted octanol–water partition coefficient (Wildman–Crippen LogP) is 0.942. The summed E-state index contributed by atoms with van der Waals surface area (Å²) in [7, 11) is 1.96. The van der Waals surface area contributed by atoms with E-state index in [1.807, 2.05) is 17.8 Å². The van der Waals surface area contributed by atoms with Crippen molar-refractivity contribution in [2.45, 2.75) is 19.3 Å². The maximum absolute atomic E-state index is 9.99. The maximum atomic E-state index is 9.99. The standard InChI is InChI=1S/C8H12N2O/c1-10-6-5-9-8(10)4-2-3-7-11/h5-7H,2-4H2,1H3. The minimum atomic E-state index is 0.632. The number of aldehydes is 1. The molecule has 3 heteroatoms. The molecule has 1 rings (SSSR count). The van der Waals surface area contributed by atoms with Crippen molar-refractivity contribution >= 4 is 6.29 Å². The summed E-state index contributed by atoms with van der Waals surface area (Å²) in [5, 5.41) is 0. The van der Waals surface area contributed by atoms with Gasteiger partial charge in [-0.2, -0.15) is 0 Å². The minimum absolute atomic E-state index is 0.632. The molecule has 1 aromatic heterocycles. The van der Waals surface area contributed by atoms with Crippen LogP contribution in [0.3, 0.4) is 0 Å². The maximum Gasteiger partial charge on any atom is 0.120 e. The van der Waals surface area contributed by atoms with Gasteiger partial charge < -0.3 is 9.36 Å². The molecule has 0 amide bonds. The smallest absolute Gasteiger partial charge is 0.120 e. The zero-order valence-electron chi connectivity index (χ0n) is 6.66. The van der Waals surface area contributed by atoms with Crippen LogP contribution < -0.4 is 0 Å². The summed E-state index contributed by atoms with van der Waals surface area (Å²) in [4.78, 5) is 14.1. The van der Waals surface area contributed by atoms with Crippen molar-refractivity contribution in [1.82, 2.24) is 9.55 Å². The van der Waals surface area contributed by atoms with E-state index in [0.29, 0.717) is 6.42 Å². The van der Waals surface area contributed by atoms with Crippen molar-refractivity contribution in [1.29, 1.82) is 0 Å². The lowest BCUT2D eigenvalue weighted by Crippen LogP contribution is -1.96. The zero-order valence-corrected chi connectivity index (χ0v) is 6.66. The molecule has 0 saturated heterocycles. The lowest BCUT2D eigenvalue weighted by atomic mass is 10.2. The van der Waals surface area contributed by atoms with Crippen LogP contribution in [-0.2, 0) is 18.3 Å². The molecule has 1 aromatic rings. The molecular weight excluding hydrogens is 140 g/mol. The van der Waals surface area contributed by atoms with Crippen LogP contribution in [0.5, 0.6) is 0 Å². The number of rotatable bonds is 4. The highest BCUT2D eigenvalue weighted by atomic mass is 16.1. The number of hydrogen-bond donors (Lipinski definition) is 0. The first-order chi connectivity index (χ1) is 5.34. The highest BCUT2D eigenvalue weighted by Gasteiger charge is 1.96. The highest BCUT2D eigenvalue weighted by Crippen LogP contribution is 1.99. The molecule has 0 aliphatic heterocycles. The van der Waals surface area contributed by atoms with Crippen molar-refractivity contribution < 1.29 is 4.79 Å². The Kier molecular flexibility index (Phi) is 2.83. The van der Waals surface area contributed by atoms with Gasteiger partial charge in [0.2, 0.25) is 0 Å². The summed E-state index contributed by atoms with van der Waals surface area (Å²) in [5.74, 6) is 1.05. The fourth-order valence-corrected chi connectivity index (χ4v) is 0.981. The van der Waals surface area contributed by atoms with Crippen molar-refractivity contribution in [2.24, 2.45) is 7.05 Å². The molecule has 3 nitrogen and oxygen atoms in total. The Hall–Kier alpha value is -1.12. The summed E-state index contributed by atoms with van der Waals surface area (Å²) < 4.78 is 1.98. The number of carbonyl (C=O) groups is 1. The Labute approximate surface area is 66.1 Å². The van der Waals surface area contributed by atoms with Gasteiger partial charge in [0.15, 0.2) is 0 Å². The molecule has 0 N–H and O–H groups in total. The van der Waals surface area contributed by atoms with Crippen LogP contribution in [0, 0.1) is 0 Å². The van der Waals surface area contributed by atoms with E-state index in [2.05, 4.69) is 4.98 Å². The molecule has 0 unspecified atom stereocenters. The number of imidazole rings is 1. The van der Waals surface area contributed by atoms with Crippen molar-refractivity contribution in [3.8, 4) is 0 Å². The van der Waals surface area contributed by atoms with E-state index in [4.69, 9.17) is 0 Å². The third-order valence-electron chi connectivity index (χ3n) is 1.64.